The fourth-order valence-electron chi connectivity index (χ4n) is 2.51. The molecule has 2 aromatic carbocycles. The number of rotatable bonds is 1. The van der Waals surface area contributed by atoms with Gasteiger partial charge in [-0.3, -0.25) is 0 Å². The van der Waals surface area contributed by atoms with Crippen LogP contribution in [0, 0.1) is 11.3 Å². The third-order valence-electron chi connectivity index (χ3n) is 3.50. The second-order valence-electron chi connectivity index (χ2n) is 4.79. The highest BCUT2D eigenvalue weighted by atomic mass is 35.5. The molecular formula is C16H10Cl2N2O2. The summed E-state index contributed by atoms with van der Waals surface area (Å²) in [6, 6.07) is 11.9. The van der Waals surface area contributed by atoms with Crippen LogP contribution in [-0.4, -0.2) is 5.11 Å². The molecule has 0 unspecified atom stereocenters. The zero-order valence-corrected chi connectivity index (χ0v) is 12.7. The van der Waals surface area contributed by atoms with Crippen LogP contribution in [0.25, 0.3) is 0 Å². The number of hydrogen-bond donors (Lipinski definition) is 2. The van der Waals surface area contributed by atoms with Gasteiger partial charge in [0.15, 0.2) is 0 Å². The van der Waals surface area contributed by atoms with Crippen molar-refractivity contribution in [2.24, 2.45) is 5.73 Å². The number of aromatic hydroxyl groups is 1. The molecule has 1 aliphatic rings. The van der Waals surface area contributed by atoms with Crippen molar-refractivity contribution in [3.05, 3.63) is 69.0 Å². The summed E-state index contributed by atoms with van der Waals surface area (Å²) in [5.74, 6) is -0.0809. The number of hydrogen-bond acceptors (Lipinski definition) is 4. The van der Waals surface area contributed by atoms with Crippen LogP contribution < -0.4 is 10.5 Å². The van der Waals surface area contributed by atoms with E-state index in [0.29, 0.717) is 26.9 Å². The second kappa shape index (κ2) is 5.45. The zero-order valence-electron chi connectivity index (χ0n) is 11.2. The molecule has 0 saturated heterocycles. The minimum absolute atomic E-state index is 0.0124. The fraction of sp³-hybridized carbons (Fsp3) is 0.0625. The van der Waals surface area contributed by atoms with Gasteiger partial charge in [-0.05, 0) is 17.7 Å². The van der Waals surface area contributed by atoms with Gasteiger partial charge < -0.3 is 15.6 Å². The molecule has 0 aliphatic carbocycles. The van der Waals surface area contributed by atoms with Crippen LogP contribution in [0.4, 0.5) is 0 Å². The van der Waals surface area contributed by atoms with Gasteiger partial charge in [0, 0.05) is 11.6 Å². The summed E-state index contributed by atoms with van der Waals surface area (Å²) in [5.41, 5.74) is 7.44. The smallest absolute Gasteiger partial charge is 0.205 e. The van der Waals surface area contributed by atoms with Crippen LogP contribution in [-0.2, 0) is 0 Å². The Kier molecular flexibility index (Phi) is 3.61. The lowest BCUT2D eigenvalue weighted by Crippen LogP contribution is -2.21. The summed E-state index contributed by atoms with van der Waals surface area (Å²) in [4.78, 5) is 0. The molecule has 1 atom stereocenters. The molecule has 0 aromatic heterocycles. The number of phenols is 1. The summed E-state index contributed by atoms with van der Waals surface area (Å²) in [6.07, 6.45) is 0. The van der Waals surface area contributed by atoms with Gasteiger partial charge in [-0.25, -0.2) is 0 Å². The topological polar surface area (TPSA) is 79.3 Å². The lowest BCUT2D eigenvalue weighted by atomic mass is 9.83. The lowest BCUT2D eigenvalue weighted by molar-refractivity contribution is 0.388. The highest BCUT2D eigenvalue weighted by molar-refractivity contribution is 6.42. The summed E-state index contributed by atoms with van der Waals surface area (Å²) in [5, 5.41) is 19.8. The largest absolute Gasteiger partial charge is 0.508 e. The number of ether oxygens (including phenoxy) is 1. The Morgan fingerprint density at radius 2 is 1.95 bits per heavy atom. The van der Waals surface area contributed by atoms with Gasteiger partial charge in [-0.1, -0.05) is 41.4 Å². The number of phenolic OH excluding ortho intramolecular Hbond substituents is 1. The normalized spacial score (nSPS) is 16.7. The van der Waals surface area contributed by atoms with E-state index in [9.17, 15) is 10.4 Å². The summed E-state index contributed by atoms with van der Waals surface area (Å²) >= 11 is 12.4. The van der Waals surface area contributed by atoms with E-state index in [1.165, 1.54) is 12.1 Å². The molecule has 0 spiro atoms. The standard InChI is InChI=1S/C16H10Cl2N2O2/c17-12-3-1-2-10(15(12)18)14-9-5-4-8(21)6-13(9)22-16(20)11(14)7-19/h1-6,14,21H,20H2/t14-/m0/s1. The fourth-order valence-corrected chi connectivity index (χ4v) is 2.92. The summed E-state index contributed by atoms with van der Waals surface area (Å²) < 4.78 is 5.44. The first-order chi connectivity index (χ1) is 10.5. The maximum atomic E-state index is 9.60. The van der Waals surface area contributed by atoms with Gasteiger partial charge in [0.05, 0.1) is 16.0 Å². The van der Waals surface area contributed by atoms with Crippen molar-refractivity contribution < 1.29 is 9.84 Å². The Labute approximate surface area is 136 Å². The molecular weight excluding hydrogens is 323 g/mol. The van der Waals surface area contributed by atoms with E-state index in [-0.39, 0.29) is 17.2 Å². The Morgan fingerprint density at radius 3 is 2.68 bits per heavy atom. The molecule has 3 rings (SSSR count). The van der Waals surface area contributed by atoms with E-state index in [0.717, 1.165) is 0 Å². The Hall–Kier alpha value is -2.35. The summed E-state index contributed by atoms with van der Waals surface area (Å²) in [6.45, 7) is 0. The minimum Gasteiger partial charge on any atom is -0.508 e. The number of nitrogens with two attached hydrogens (primary N) is 1. The maximum Gasteiger partial charge on any atom is 0.205 e. The molecule has 0 fully saturated rings. The second-order valence-corrected chi connectivity index (χ2v) is 5.58. The van der Waals surface area contributed by atoms with Crippen LogP contribution in [0.1, 0.15) is 17.0 Å². The van der Waals surface area contributed by atoms with Gasteiger partial charge in [-0.15, -0.1) is 0 Å². The first-order valence-electron chi connectivity index (χ1n) is 6.37. The zero-order chi connectivity index (χ0) is 15.9. The van der Waals surface area contributed by atoms with E-state index >= 15 is 0 Å². The minimum atomic E-state index is -0.499. The molecule has 0 saturated carbocycles. The molecule has 1 aliphatic heterocycles. The van der Waals surface area contributed by atoms with E-state index in [1.807, 2.05) is 0 Å². The number of nitriles is 1. The van der Waals surface area contributed by atoms with E-state index < -0.39 is 5.92 Å². The molecule has 22 heavy (non-hydrogen) atoms. The number of nitrogens with zero attached hydrogens (tertiary/aromatic N) is 1. The molecule has 1 heterocycles. The molecule has 0 bridgehead atoms. The monoisotopic (exact) mass is 332 g/mol. The molecule has 3 N–H and O–H groups in total. The maximum absolute atomic E-state index is 9.60. The van der Waals surface area contributed by atoms with Crippen molar-refractivity contribution in [2.45, 2.75) is 5.92 Å². The van der Waals surface area contributed by atoms with E-state index in [2.05, 4.69) is 6.07 Å². The van der Waals surface area contributed by atoms with Gasteiger partial charge >= 0.3 is 0 Å². The third-order valence-corrected chi connectivity index (χ3v) is 4.33. The third kappa shape index (κ3) is 2.25. The van der Waals surface area contributed by atoms with Crippen molar-refractivity contribution >= 4 is 23.2 Å². The Balaban J connectivity index is 2.29. The van der Waals surface area contributed by atoms with Crippen LogP contribution in [0.15, 0.2) is 47.9 Å². The van der Waals surface area contributed by atoms with Gasteiger partial charge in [-0.2, -0.15) is 5.26 Å². The van der Waals surface area contributed by atoms with E-state index in [1.54, 1.807) is 24.3 Å². The van der Waals surface area contributed by atoms with Crippen molar-refractivity contribution in [2.75, 3.05) is 0 Å². The van der Waals surface area contributed by atoms with Gasteiger partial charge in [0.1, 0.15) is 23.1 Å². The Bertz CT molecular complexity index is 841. The Morgan fingerprint density at radius 1 is 1.18 bits per heavy atom. The number of fused-ring (bicyclic) bond motifs is 1. The average Bonchev–Trinajstić information content (AvgIpc) is 2.48. The first kappa shape index (κ1) is 14.6. The van der Waals surface area contributed by atoms with E-state index in [4.69, 9.17) is 33.7 Å². The first-order valence-corrected chi connectivity index (χ1v) is 7.13. The highest BCUT2D eigenvalue weighted by Crippen LogP contribution is 2.46. The molecule has 4 nitrogen and oxygen atoms in total. The highest BCUT2D eigenvalue weighted by Gasteiger charge is 2.32. The summed E-state index contributed by atoms with van der Waals surface area (Å²) in [7, 11) is 0. The molecule has 0 amide bonds. The quantitative estimate of drug-likeness (QED) is 0.829. The molecule has 110 valence electrons. The van der Waals surface area contributed by atoms with Crippen LogP contribution in [0.2, 0.25) is 10.0 Å². The van der Waals surface area contributed by atoms with Crippen molar-refractivity contribution in [1.29, 1.82) is 5.26 Å². The molecule has 2 aromatic rings. The SMILES string of the molecule is N#CC1=C(N)Oc2cc(O)ccc2[C@H]1c1cccc(Cl)c1Cl. The molecule has 6 heteroatoms. The van der Waals surface area contributed by atoms with Crippen LogP contribution in [0.3, 0.4) is 0 Å². The number of allylic oxidation sites excluding steroid dienone is 1. The lowest BCUT2D eigenvalue weighted by Gasteiger charge is -2.27. The van der Waals surface area contributed by atoms with Gasteiger partial charge in [0.25, 0.3) is 0 Å². The van der Waals surface area contributed by atoms with Crippen molar-refractivity contribution in [3.8, 4) is 17.6 Å². The van der Waals surface area contributed by atoms with Gasteiger partial charge in [0.2, 0.25) is 5.88 Å². The van der Waals surface area contributed by atoms with Crippen molar-refractivity contribution in [1.82, 2.24) is 0 Å². The predicted octanol–water partition coefficient (Wildman–Crippen LogP) is 3.92. The van der Waals surface area contributed by atoms with Crippen LogP contribution in [0.5, 0.6) is 11.5 Å². The molecule has 0 radical (unpaired) electrons. The predicted molar refractivity (Wildman–Crippen MR) is 83.9 cm³/mol. The number of benzene rings is 2. The number of halogens is 2. The van der Waals surface area contributed by atoms with Crippen molar-refractivity contribution in [3.63, 3.8) is 0 Å². The van der Waals surface area contributed by atoms with Crippen LogP contribution >= 0.6 is 23.2 Å². The average molecular weight is 333 g/mol.